The van der Waals surface area contributed by atoms with Crippen LogP contribution in [0.25, 0.3) is 10.9 Å². The zero-order valence-corrected chi connectivity index (χ0v) is 15.0. The Hall–Kier alpha value is -3.28. The van der Waals surface area contributed by atoms with Crippen LogP contribution >= 0.6 is 0 Å². The lowest BCUT2D eigenvalue weighted by Crippen LogP contribution is -2.04. The van der Waals surface area contributed by atoms with Crippen LogP contribution in [0.1, 0.15) is 26.3 Å². The topological polar surface area (TPSA) is 66.8 Å². The Morgan fingerprint density at radius 1 is 0.962 bits per heavy atom. The Bertz CT molecular complexity index is 978. The van der Waals surface area contributed by atoms with E-state index in [9.17, 15) is 9.59 Å². The van der Waals surface area contributed by atoms with Gasteiger partial charge in [0.25, 0.3) is 0 Å². The molecule has 0 amide bonds. The molecule has 26 heavy (non-hydrogen) atoms. The molecular formula is C20H19NO5. The SMILES string of the molecule is COc1cc(C(=O)c2ccc3c(c2)c(C=O)cn3C)cc(OC)c1OC. The van der Waals surface area contributed by atoms with E-state index in [-0.39, 0.29) is 5.78 Å². The van der Waals surface area contributed by atoms with Crippen molar-refractivity contribution >= 4 is 23.0 Å². The molecule has 0 N–H and O–H groups in total. The normalized spacial score (nSPS) is 10.6. The van der Waals surface area contributed by atoms with Crippen LogP contribution < -0.4 is 14.2 Å². The second-order valence-electron chi connectivity index (χ2n) is 5.79. The number of ether oxygens (including phenoxy) is 3. The molecule has 0 aliphatic rings. The second-order valence-corrected chi connectivity index (χ2v) is 5.79. The molecule has 3 aromatic rings. The van der Waals surface area contributed by atoms with Crippen molar-refractivity contribution in [3.05, 3.63) is 53.2 Å². The van der Waals surface area contributed by atoms with Crippen molar-refractivity contribution in [3.63, 3.8) is 0 Å². The van der Waals surface area contributed by atoms with Crippen molar-refractivity contribution in [1.82, 2.24) is 4.57 Å². The maximum atomic E-state index is 13.0. The number of aldehydes is 1. The monoisotopic (exact) mass is 353 g/mol. The highest BCUT2D eigenvalue weighted by Crippen LogP contribution is 2.38. The summed E-state index contributed by atoms with van der Waals surface area (Å²) < 4.78 is 17.8. The maximum Gasteiger partial charge on any atom is 0.203 e. The molecule has 6 heteroatoms. The summed E-state index contributed by atoms with van der Waals surface area (Å²) in [5, 5.41) is 0.737. The first-order valence-electron chi connectivity index (χ1n) is 7.93. The number of hydrogen-bond donors (Lipinski definition) is 0. The first kappa shape index (κ1) is 17.5. The van der Waals surface area contributed by atoms with E-state index in [4.69, 9.17) is 14.2 Å². The largest absolute Gasteiger partial charge is 0.493 e. The van der Waals surface area contributed by atoms with E-state index in [1.807, 2.05) is 17.7 Å². The van der Waals surface area contributed by atoms with Crippen molar-refractivity contribution in [2.75, 3.05) is 21.3 Å². The zero-order valence-electron chi connectivity index (χ0n) is 15.0. The molecule has 0 saturated heterocycles. The highest BCUT2D eigenvalue weighted by molar-refractivity contribution is 6.12. The lowest BCUT2D eigenvalue weighted by Gasteiger charge is -2.13. The number of nitrogens with zero attached hydrogens (tertiary/aromatic N) is 1. The quantitative estimate of drug-likeness (QED) is 0.503. The summed E-state index contributed by atoms with van der Waals surface area (Å²) in [5.41, 5.74) is 2.30. The van der Waals surface area contributed by atoms with Gasteiger partial charge in [-0.1, -0.05) is 0 Å². The first-order chi connectivity index (χ1) is 12.5. The lowest BCUT2D eigenvalue weighted by molar-refractivity contribution is 0.103. The van der Waals surface area contributed by atoms with Gasteiger partial charge in [0.15, 0.2) is 23.6 Å². The number of methoxy groups -OCH3 is 3. The number of hydrogen-bond acceptors (Lipinski definition) is 5. The fourth-order valence-corrected chi connectivity index (χ4v) is 3.04. The van der Waals surface area contributed by atoms with E-state index in [0.717, 1.165) is 17.2 Å². The van der Waals surface area contributed by atoms with Gasteiger partial charge in [-0.3, -0.25) is 9.59 Å². The molecule has 0 saturated carbocycles. The third-order valence-electron chi connectivity index (χ3n) is 4.34. The lowest BCUT2D eigenvalue weighted by atomic mass is 10.0. The summed E-state index contributed by atoms with van der Waals surface area (Å²) in [4.78, 5) is 24.3. The minimum absolute atomic E-state index is 0.202. The van der Waals surface area contributed by atoms with Crippen LogP contribution in [0, 0.1) is 0 Å². The minimum Gasteiger partial charge on any atom is -0.493 e. The van der Waals surface area contributed by atoms with Gasteiger partial charge in [-0.15, -0.1) is 0 Å². The molecule has 1 heterocycles. The average Bonchev–Trinajstić information content (AvgIpc) is 3.01. The summed E-state index contributed by atoms with van der Waals surface area (Å²) in [7, 11) is 6.36. The molecule has 1 aromatic heterocycles. The molecule has 0 atom stereocenters. The van der Waals surface area contributed by atoms with Gasteiger partial charge in [-0.05, 0) is 30.3 Å². The minimum atomic E-state index is -0.202. The molecule has 3 rings (SSSR count). The smallest absolute Gasteiger partial charge is 0.203 e. The number of benzene rings is 2. The Morgan fingerprint density at radius 3 is 2.15 bits per heavy atom. The summed E-state index contributed by atoms with van der Waals surface area (Å²) in [5.74, 6) is 1.04. The Balaban J connectivity index is 2.12. The van der Waals surface area contributed by atoms with E-state index in [0.29, 0.717) is 33.9 Å². The molecule has 0 aliphatic carbocycles. The van der Waals surface area contributed by atoms with E-state index in [1.165, 1.54) is 21.3 Å². The highest BCUT2D eigenvalue weighted by atomic mass is 16.5. The van der Waals surface area contributed by atoms with Crippen LogP contribution in [-0.4, -0.2) is 38.0 Å². The standard InChI is InChI=1S/C20H19NO5/c1-21-10-14(11-22)15-7-12(5-6-16(15)21)19(23)13-8-17(24-2)20(26-4)18(9-13)25-3/h5-11H,1-4H3. The molecule has 0 radical (unpaired) electrons. The molecule has 134 valence electrons. The number of aryl methyl sites for hydroxylation is 1. The second kappa shape index (κ2) is 6.92. The van der Waals surface area contributed by atoms with Gasteiger partial charge in [0.05, 0.1) is 21.3 Å². The van der Waals surface area contributed by atoms with Crippen LogP contribution in [0.3, 0.4) is 0 Å². The fraction of sp³-hybridized carbons (Fsp3) is 0.200. The van der Waals surface area contributed by atoms with Crippen LogP contribution in [0.2, 0.25) is 0 Å². The van der Waals surface area contributed by atoms with Gasteiger partial charge in [0.2, 0.25) is 5.75 Å². The highest BCUT2D eigenvalue weighted by Gasteiger charge is 2.19. The van der Waals surface area contributed by atoms with Crippen molar-refractivity contribution < 1.29 is 23.8 Å². The number of aromatic nitrogens is 1. The van der Waals surface area contributed by atoms with Crippen LogP contribution in [0.4, 0.5) is 0 Å². The predicted octanol–water partition coefficient (Wildman–Crippen LogP) is 3.25. The molecule has 0 spiro atoms. The molecule has 0 aliphatic heterocycles. The van der Waals surface area contributed by atoms with Crippen LogP contribution in [0.15, 0.2) is 36.5 Å². The van der Waals surface area contributed by atoms with Gasteiger partial charge in [0, 0.05) is 40.8 Å². The number of carbonyl (C=O) groups excluding carboxylic acids is 2. The molecular weight excluding hydrogens is 334 g/mol. The average molecular weight is 353 g/mol. The van der Waals surface area contributed by atoms with Crippen LogP contribution in [-0.2, 0) is 7.05 Å². The Labute approximate surface area is 150 Å². The van der Waals surface area contributed by atoms with E-state index >= 15 is 0 Å². The summed E-state index contributed by atoms with van der Waals surface area (Å²) in [6.07, 6.45) is 2.53. The number of carbonyl (C=O) groups is 2. The molecule has 0 fully saturated rings. The first-order valence-corrected chi connectivity index (χ1v) is 7.93. The summed E-state index contributed by atoms with van der Waals surface area (Å²) in [6, 6.07) is 8.51. The Kier molecular flexibility index (Phi) is 4.67. The predicted molar refractivity (Wildman–Crippen MR) is 97.8 cm³/mol. The number of rotatable bonds is 6. The van der Waals surface area contributed by atoms with E-state index < -0.39 is 0 Å². The van der Waals surface area contributed by atoms with Crippen molar-refractivity contribution in [2.24, 2.45) is 7.05 Å². The van der Waals surface area contributed by atoms with Crippen molar-refractivity contribution in [2.45, 2.75) is 0 Å². The van der Waals surface area contributed by atoms with Gasteiger partial charge < -0.3 is 18.8 Å². The van der Waals surface area contributed by atoms with E-state index in [2.05, 4.69) is 0 Å². The van der Waals surface area contributed by atoms with E-state index in [1.54, 1.807) is 30.5 Å². The molecule has 6 nitrogen and oxygen atoms in total. The number of fused-ring (bicyclic) bond motifs is 1. The third-order valence-corrected chi connectivity index (χ3v) is 4.34. The summed E-state index contributed by atoms with van der Waals surface area (Å²) >= 11 is 0. The number of ketones is 1. The third kappa shape index (κ3) is 2.79. The Morgan fingerprint density at radius 2 is 1.62 bits per heavy atom. The van der Waals surface area contributed by atoms with Gasteiger partial charge >= 0.3 is 0 Å². The van der Waals surface area contributed by atoms with Crippen LogP contribution in [0.5, 0.6) is 17.2 Å². The zero-order chi connectivity index (χ0) is 18.8. The van der Waals surface area contributed by atoms with Gasteiger partial charge in [0.1, 0.15) is 0 Å². The van der Waals surface area contributed by atoms with Crippen molar-refractivity contribution in [1.29, 1.82) is 0 Å². The molecule has 0 unspecified atom stereocenters. The van der Waals surface area contributed by atoms with Gasteiger partial charge in [-0.2, -0.15) is 0 Å². The van der Waals surface area contributed by atoms with Gasteiger partial charge in [-0.25, -0.2) is 0 Å². The summed E-state index contributed by atoms with van der Waals surface area (Å²) in [6.45, 7) is 0. The van der Waals surface area contributed by atoms with Crippen molar-refractivity contribution in [3.8, 4) is 17.2 Å². The molecule has 2 aromatic carbocycles. The fourth-order valence-electron chi connectivity index (χ4n) is 3.04. The molecule has 0 bridgehead atoms. The maximum absolute atomic E-state index is 13.0.